The van der Waals surface area contributed by atoms with Crippen molar-refractivity contribution in [3.05, 3.63) is 22.4 Å². The molecular formula is C18H35IN4S. The van der Waals surface area contributed by atoms with Crippen molar-refractivity contribution in [2.24, 2.45) is 4.99 Å². The molecule has 1 heterocycles. The molecule has 0 amide bonds. The largest absolute Gasteiger partial charge is 0.356 e. The quantitative estimate of drug-likeness (QED) is 0.251. The first kappa shape index (κ1) is 23.7. The Hall–Kier alpha value is -0.340. The van der Waals surface area contributed by atoms with Crippen LogP contribution in [0.5, 0.6) is 0 Å². The minimum atomic E-state index is 0. The number of nitrogens with one attached hydrogen (secondary N) is 2. The van der Waals surface area contributed by atoms with Gasteiger partial charge in [-0.2, -0.15) is 0 Å². The SMILES string of the molecule is CN=C(NCCCCN(C)C(C)C)NCC(C)(C)c1cccs1.I. The van der Waals surface area contributed by atoms with Crippen LogP contribution in [0, 0.1) is 0 Å². The fourth-order valence-corrected chi connectivity index (χ4v) is 3.08. The van der Waals surface area contributed by atoms with E-state index in [9.17, 15) is 0 Å². The molecule has 0 saturated carbocycles. The van der Waals surface area contributed by atoms with Gasteiger partial charge in [0.2, 0.25) is 0 Å². The second-order valence-electron chi connectivity index (χ2n) is 7.00. The van der Waals surface area contributed by atoms with Gasteiger partial charge in [0.1, 0.15) is 0 Å². The van der Waals surface area contributed by atoms with Crippen LogP contribution in [0.1, 0.15) is 45.4 Å². The summed E-state index contributed by atoms with van der Waals surface area (Å²) in [6, 6.07) is 4.94. The summed E-state index contributed by atoms with van der Waals surface area (Å²) in [7, 11) is 4.02. The zero-order valence-electron chi connectivity index (χ0n) is 16.1. The lowest BCUT2D eigenvalue weighted by atomic mass is 9.91. The van der Waals surface area contributed by atoms with E-state index in [2.05, 4.69) is 72.8 Å². The Morgan fingerprint density at radius 3 is 2.54 bits per heavy atom. The highest BCUT2D eigenvalue weighted by molar-refractivity contribution is 14.0. The highest BCUT2D eigenvalue weighted by atomic mass is 127. The minimum absolute atomic E-state index is 0. The molecule has 1 aromatic rings. The summed E-state index contributed by atoms with van der Waals surface area (Å²) in [5.74, 6) is 0.895. The molecule has 0 saturated heterocycles. The summed E-state index contributed by atoms with van der Waals surface area (Å²) in [6.45, 7) is 12.0. The molecule has 6 heteroatoms. The topological polar surface area (TPSA) is 39.7 Å². The molecule has 0 spiro atoms. The van der Waals surface area contributed by atoms with E-state index in [1.807, 2.05) is 18.4 Å². The number of hydrogen-bond donors (Lipinski definition) is 2. The maximum absolute atomic E-state index is 4.32. The van der Waals surface area contributed by atoms with Gasteiger partial charge >= 0.3 is 0 Å². The molecule has 1 aromatic heterocycles. The van der Waals surface area contributed by atoms with Crippen molar-refractivity contribution in [1.82, 2.24) is 15.5 Å². The van der Waals surface area contributed by atoms with Gasteiger partial charge in [-0.25, -0.2) is 0 Å². The summed E-state index contributed by atoms with van der Waals surface area (Å²) in [4.78, 5) is 8.11. The molecule has 0 bridgehead atoms. The van der Waals surface area contributed by atoms with Gasteiger partial charge in [0.05, 0.1) is 0 Å². The summed E-state index contributed by atoms with van der Waals surface area (Å²) >= 11 is 1.81. The first-order chi connectivity index (χ1) is 10.9. The van der Waals surface area contributed by atoms with E-state index in [1.54, 1.807) is 0 Å². The van der Waals surface area contributed by atoms with Gasteiger partial charge in [-0.3, -0.25) is 4.99 Å². The third kappa shape index (κ3) is 8.67. The number of halogens is 1. The van der Waals surface area contributed by atoms with Crippen LogP contribution in [0.15, 0.2) is 22.5 Å². The first-order valence-electron chi connectivity index (χ1n) is 8.55. The van der Waals surface area contributed by atoms with Crippen LogP contribution in [0.4, 0.5) is 0 Å². The van der Waals surface area contributed by atoms with Gasteiger partial charge in [-0.1, -0.05) is 19.9 Å². The number of thiophene rings is 1. The molecule has 24 heavy (non-hydrogen) atoms. The Morgan fingerprint density at radius 2 is 2.00 bits per heavy atom. The number of aliphatic imine (C=N–C) groups is 1. The van der Waals surface area contributed by atoms with Crippen molar-refractivity contribution in [1.29, 1.82) is 0 Å². The Morgan fingerprint density at radius 1 is 1.29 bits per heavy atom. The predicted octanol–water partition coefficient (Wildman–Crippen LogP) is 3.93. The molecule has 140 valence electrons. The van der Waals surface area contributed by atoms with Crippen molar-refractivity contribution in [3.8, 4) is 0 Å². The molecule has 0 aliphatic carbocycles. The molecule has 0 aliphatic rings. The van der Waals surface area contributed by atoms with Crippen LogP contribution in [0.2, 0.25) is 0 Å². The van der Waals surface area contributed by atoms with Gasteiger partial charge in [0, 0.05) is 36.5 Å². The molecule has 0 unspecified atom stereocenters. The normalized spacial score (nSPS) is 12.4. The van der Waals surface area contributed by atoms with Gasteiger partial charge in [-0.15, -0.1) is 35.3 Å². The minimum Gasteiger partial charge on any atom is -0.356 e. The predicted molar refractivity (Wildman–Crippen MR) is 119 cm³/mol. The summed E-state index contributed by atoms with van der Waals surface area (Å²) in [5.41, 5.74) is 0.117. The highest BCUT2D eigenvalue weighted by Gasteiger charge is 2.21. The Labute approximate surface area is 169 Å². The summed E-state index contributed by atoms with van der Waals surface area (Å²) in [5, 5.41) is 9.00. The molecule has 1 rings (SSSR count). The van der Waals surface area contributed by atoms with Crippen molar-refractivity contribution in [2.45, 2.75) is 52.0 Å². The van der Waals surface area contributed by atoms with Gasteiger partial charge in [-0.05, 0) is 51.7 Å². The molecule has 0 fully saturated rings. The van der Waals surface area contributed by atoms with E-state index in [0.717, 1.165) is 32.0 Å². The van der Waals surface area contributed by atoms with Gasteiger partial charge in [0.25, 0.3) is 0 Å². The maximum atomic E-state index is 4.32. The fourth-order valence-electron chi connectivity index (χ4n) is 2.23. The number of hydrogen-bond acceptors (Lipinski definition) is 3. The fraction of sp³-hybridized carbons (Fsp3) is 0.722. The average molecular weight is 466 g/mol. The molecule has 0 radical (unpaired) electrons. The first-order valence-corrected chi connectivity index (χ1v) is 9.43. The molecule has 0 aromatic carbocycles. The highest BCUT2D eigenvalue weighted by Crippen LogP contribution is 2.26. The van der Waals surface area contributed by atoms with Crippen molar-refractivity contribution in [2.75, 3.05) is 33.7 Å². The van der Waals surface area contributed by atoms with E-state index in [4.69, 9.17) is 0 Å². The van der Waals surface area contributed by atoms with Crippen LogP contribution in [0.25, 0.3) is 0 Å². The van der Waals surface area contributed by atoms with Crippen LogP contribution in [-0.2, 0) is 5.41 Å². The lowest BCUT2D eigenvalue weighted by Crippen LogP contribution is -2.43. The molecule has 2 N–H and O–H groups in total. The van der Waals surface area contributed by atoms with Gasteiger partial charge in [0.15, 0.2) is 5.96 Å². The number of nitrogens with zero attached hydrogens (tertiary/aromatic N) is 2. The number of guanidine groups is 1. The molecule has 0 aliphatic heterocycles. The lowest BCUT2D eigenvalue weighted by molar-refractivity contribution is 0.268. The average Bonchev–Trinajstić information content (AvgIpc) is 3.04. The van der Waals surface area contributed by atoms with E-state index in [0.29, 0.717) is 6.04 Å². The molecule has 4 nitrogen and oxygen atoms in total. The van der Waals surface area contributed by atoms with Gasteiger partial charge < -0.3 is 15.5 Å². The van der Waals surface area contributed by atoms with E-state index >= 15 is 0 Å². The Kier molecular flexibility index (Phi) is 11.9. The number of unbranched alkanes of at least 4 members (excludes halogenated alkanes) is 1. The third-order valence-corrected chi connectivity index (χ3v) is 5.46. The standard InChI is InChI=1S/C18H34N4S.HI/c1-15(2)22(6)12-8-7-11-20-17(19-5)21-14-18(3,4)16-10-9-13-23-16;/h9-10,13,15H,7-8,11-12,14H2,1-6H3,(H2,19,20,21);1H. The summed E-state index contributed by atoms with van der Waals surface area (Å²) in [6.07, 6.45) is 2.37. The Balaban J connectivity index is 0.00000529. The lowest BCUT2D eigenvalue weighted by Gasteiger charge is -2.25. The van der Waals surface area contributed by atoms with Crippen LogP contribution in [-0.4, -0.2) is 50.6 Å². The summed E-state index contributed by atoms with van der Waals surface area (Å²) < 4.78 is 0. The zero-order valence-corrected chi connectivity index (χ0v) is 19.2. The molecule has 0 atom stereocenters. The molecular weight excluding hydrogens is 431 g/mol. The third-order valence-electron chi connectivity index (χ3n) is 4.22. The monoisotopic (exact) mass is 466 g/mol. The number of rotatable bonds is 9. The van der Waals surface area contributed by atoms with E-state index in [-0.39, 0.29) is 29.4 Å². The van der Waals surface area contributed by atoms with Crippen molar-refractivity contribution < 1.29 is 0 Å². The van der Waals surface area contributed by atoms with Crippen LogP contribution < -0.4 is 10.6 Å². The van der Waals surface area contributed by atoms with Crippen LogP contribution in [0.3, 0.4) is 0 Å². The van der Waals surface area contributed by atoms with Crippen molar-refractivity contribution >= 4 is 41.3 Å². The van der Waals surface area contributed by atoms with E-state index in [1.165, 1.54) is 11.3 Å². The van der Waals surface area contributed by atoms with Crippen molar-refractivity contribution in [3.63, 3.8) is 0 Å². The Bertz CT molecular complexity index is 458. The maximum Gasteiger partial charge on any atom is 0.191 e. The van der Waals surface area contributed by atoms with E-state index < -0.39 is 0 Å². The smallest absolute Gasteiger partial charge is 0.191 e. The second kappa shape index (κ2) is 12.1. The zero-order chi connectivity index (χ0) is 17.3. The second-order valence-corrected chi connectivity index (χ2v) is 7.94. The van der Waals surface area contributed by atoms with Crippen LogP contribution >= 0.6 is 35.3 Å².